The van der Waals surface area contributed by atoms with Crippen molar-refractivity contribution in [3.8, 4) is 0 Å². The normalized spacial score (nSPS) is 9.85. The van der Waals surface area contributed by atoms with Crippen LogP contribution in [0.15, 0.2) is 24.3 Å². The third-order valence-electron chi connectivity index (χ3n) is 2.41. The zero-order chi connectivity index (χ0) is 15.0. The fourth-order valence-corrected chi connectivity index (χ4v) is 1.52. The summed E-state index contributed by atoms with van der Waals surface area (Å²) in [5.74, 6) is -1.64. The van der Waals surface area contributed by atoms with E-state index in [1.807, 2.05) is 0 Å². The first-order valence-electron chi connectivity index (χ1n) is 6.01. The van der Waals surface area contributed by atoms with Gasteiger partial charge in [-0.05, 0) is 30.7 Å². The largest absolute Gasteiger partial charge is 0.481 e. The molecule has 108 valence electrons. The van der Waals surface area contributed by atoms with Gasteiger partial charge < -0.3 is 15.7 Å². The summed E-state index contributed by atoms with van der Waals surface area (Å²) in [5, 5.41) is 13.9. The summed E-state index contributed by atoms with van der Waals surface area (Å²) in [4.78, 5) is 33.3. The van der Waals surface area contributed by atoms with Crippen molar-refractivity contribution >= 4 is 29.4 Å². The zero-order valence-electron chi connectivity index (χ0n) is 10.7. The molecule has 2 amide bonds. The number of carboxylic acids is 1. The fourth-order valence-electron chi connectivity index (χ4n) is 1.39. The van der Waals surface area contributed by atoms with Gasteiger partial charge in [0.25, 0.3) is 5.91 Å². The van der Waals surface area contributed by atoms with Crippen LogP contribution in [0.4, 0.5) is 0 Å². The van der Waals surface area contributed by atoms with Crippen LogP contribution in [0.2, 0.25) is 5.02 Å². The van der Waals surface area contributed by atoms with Gasteiger partial charge in [-0.2, -0.15) is 0 Å². The summed E-state index contributed by atoms with van der Waals surface area (Å²) < 4.78 is 0. The second-order valence-electron chi connectivity index (χ2n) is 4.04. The lowest BCUT2D eigenvalue weighted by Crippen LogP contribution is -2.37. The summed E-state index contributed by atoms with van der Waals surface area (Å²) >= 11 is 5.70. The van der Waals surface area contributed by atoms with E-state index < -0.39 is 5.97 Å². The minimum Gasteiger partial charge on any atom is -0.481 e. The standard InChI is InChI=1S/C13H15ClN2O4/c14-10-5-3-9(4-6-10)13(20)16-8-11(17)15-7-1-2-12(18)19/h3-6H,1-2,7-8H2,(H,15,17)(H,16,20)(H,18,19). The Morgan fingerprint density at radius 1 is 1.10 bits per heavy atom. The molecule has 0 heterocycles. The molecule has 0 radical (unpaired) electrons. The van der Waals surface area contributed by atoms with Gasteiger partial charge in [0.2, 0.25) is 5.91 Å². The van der Waals surface area contributed by atoms with Crippen molar-refractivity contribution < 1.29 is 19.5 Å². The number of benzene rings is 1. The third-order valence-corrected chi connectivity index (χ3v) is 2.66. The van der Waals surface area contributed by atoms with E-state index in [9.17, 15) is 14.4 Å². The minimum atomic E-state index is -0.907. The Morgan fingerprint density at radius 3 is 2.35 bits per heavy atom. The molecule has 0 fully saturated rings. The van der Waals surface area contributed by atoms with E-state index in [0.29, 0.717) is 17.0 Å². The highest BCUT2D eigenvalue weighted by molar-refractivity contribution is 6.30. The van der Waals surface area contributed by atoms with Crippen LogP contribution in [-0.4, -0.2) is 36.0 Å². The molecular formula is C13H15ClN2O4. The quantitative estimate of drug-likeness (QED) is 0.656. The molecule has 0 spiro atoms. The maximum Gasteiger partial charge on any atom is 0.303 e. The zero-order valence-corrected chi connectivity index (χ0v) is 11.4. The Hall–Kier alpha value is -2.08. The molecule has 0 aliphatic carbocycles. The Labute approximate surface area is 121 Å². The summed E-state index contributed by atoms with van der Waals surface area (Å²) in [5.41, 5.74) is 0.410. The second kappa shape index (κ2) is 8.16. The van der Waals surface area contributed by atoms with Crippen molar-refractivity contribution in [1.29, 1.82) is 0 Å². The van der Waals surface area contributed by atoms with Gasteiger partial charge in [-0.1, -0.05) is 11.6 Å². The van der Waals surface area contributed by atoms with Crippen LogP contribution in [0.5, 0.6) is 0 Å². The van der Waals surface area contributed by atoms with Crippen LogP contribution in [0.25, 0.3) is 0 Å². The fraction of sp³-hybridized carbons (Fsp3) is 0.308. The van der Waals surface area contributed by atoms with Crippen molar-refractivity contribution in [2.75, 3.05) is 13.1 Å². The summed E-state index contributed by atoms with van der Waals surface area (Å²) in [6.45, 7) is 0.108. The number of halogens is 1. The maximum atomic E-state index is 11.7. The van der Waals surface area contributed by atoms with Gasteiger partial charge in [0.05, 0.1) is 6.54 Å². The molecule has 3 N–H and O–H groups in total. The molecule has 7 heteroatoms. The van der Waals surface area contributed by atoms with Crippen LogP contribution < -0.4 is 10.6 Å². The van der Waals surface area contributed by atoms with Gasteiger partial charge in [-0.15, -0.1) is 0 Å². The smallest absolute Gasteiger partial charge is 0.303 e. The number of hydrogen-bond acceptors (Lipinski definition) is 3. The highest BCUT2D eigenvalue weighted by atomic mass is 35.5. The minimum absolute atomic E-state index is 0.00257. The van der Waals surface area contributed by atoms with Crippen molar-refractivity contribution in [2.45, 2.75) is 12.8 Å². The number of carboxylic acid groups (broad SMARTS) is 1. The summed E-state index contributed by atoms with van der Waals surface area (Å²) in [6, 6.07) is 6.29. The van der Waals surface area contributed by atoms with E-state index in [2.05, 4.69) is 10.6 Å². The molecule has 0 atom stereocenters. The highest BCUT2D eigenvalue weighted by Crippen LogP contribution is 2.09. The van der Waals surface area contributed by atoms with Gasteiger partial charge in [-0.3, -0.25) is 14.4 Å². The molecule has 1 aromatic rings. The Balaban J connectivity index is 2.25. The Kier molecular flexibility index (Phi) is 6.52. The molecule has 0 unspecified atom stereocenters. The summed E-state index contributed by atoms with van der Waals surface area (Å²) in [6.07, 6.45) is 0.351. The molecule has 1 rings (SSSR count). The number of aliphatic carboxylic acids is 1. The van der Waals surface area contributed by atoms with Gasteiger partial charge >= 0.3 is 5.97 Å². The molecule has 0 aromatic heterocycles. The van der Waals surface area contributed by atoms with E-state index in [1.165, 1.54) is 0 Å². The average Bonchev–Trinajstić information content (AvgIpc) is 2.41. The van der Waals surface area contributed by atoms with E-state index in [-0.39, 0.29) is 31.3 Å². The number of amides is 2. The summed E-state index contributed by atoms with van der Waals surface area (Å²) in [7, 11) is 0. The van der Waals surface area contributed by atoms with Gasteiger partial charge in [0.15, 0.2) is 0 Å². The monoisotopic (exact) mass is 298 g/mol. The lowest BCUT2D eigenvalue weighted by Gasteiger charge is -2.06. The number of carbonyl (C=O) groups excluding carboxylic acids is 2. The van der Waals surface area contributed by atoms with Crippen LogP contribution in [0, 0.1) is 0 Å². The predicted octanol–water partition coefficient (Wildman–Crippen LogP) is 1.05. The first-order valence-corrected chi connectivity index (χ1v) is 6.39. The average molecular weight is 299 g/mol. The van der Waals surface area contributed by atoms with Gasteiger partial charge in [-0.25, -0.2) is 0 Å². The van der Waals surface area contributed by atoms with Crippen LogP contribution >= 0.6 is 11.6 Å². The SMILES string of the molecule is O=C(O)CCCNC(=O)CNC(=O)c1ccc(Cl)cc1. The number of rotatable bonds is 7. The number of carbonyl (C=O) groups is 3. The number of hydrogen-bond donors (Lipinski definition) is 3. The van der Waals surface area contributed by atoms with E-state index in [1.54, 1.807) is 24.3 Å². The number of nitrogens with one attached hydrogen (secondary N) is 2. The van der Waals surface area contributed by atoms with E-state index >= 15 is 0 Å². The van der Waals surface area contributed by atoms with Crippen LogP contribution in [0.3, 0.4) is 0 Å². The molecule has 0 aliphatic heterocycles. The van der Waals surface area contributed by atoms with Crippen LogP contribution in [-0.2, 0) is 9.59 Å². The molecule has 20 heavy (non-hydrogen) atoms. The lowest BCUT2D eigenvalue weighted by molar-refractivity contribution is -0.137. The maximum absolute atomic E-state index is 11.7. The first-order chi connectivity index (χ1) is 9.49. The third kappa shape index (κ3) is 6.19. The van der Waals surface area contributed by atoms with Crippen molar-refractivity contribution in [3.05, 3.63) is 34.9 Å². The lowest BCUT2D eigenvalue weighted by atomic mass is 10.2. The Bertz CT molecular complexity index is 488. The molecule has 1 aromatic carbocycles. The first kappa shape index (κ1) is 16.0. The Morgan fingerprint density at radius 2 is 1.75 bits per heavy atom. The van der Waals surface area contributed by atoms with Crippen LogP contribution in [0.1, 0.15) is 23.2 Å². The predicted molar refractivity (Wildman–Crippen MR) is 73.7 cm³/mol. The highest BCUT2D eigenvalue weighted by Gasteiger charge is 2.07. The molecular weight excluding hydrogens is 284 g/mol. The molecule has 0 saturated heterocycles. The topological polar surface area (TPSA) is 95.5 Å². The van der Waals surface area contributed by atoms with E-state index in [0.717, 1.165) is 0 Å². The molecule has 0 bridgehead atoms. The van der Waals surface area contributed by atoms with Crippen molar-refractivity contribution in [3.63, 3.8) is 0 Å². The van der Waals surface area contributed by atoms with Gasteiger partial charge in [0, 0.05) is 23.6 Å². The molecule has 0 saturated carbocycles. The second-order valence-corrected chi connectivity index (χ2v) is 4.47. The molecule has 6 nitrogen and oxygen atoms in total. The van der Waals surface area contributed by atoms with Gasteiger partial charge in [0.1, 0.15) is 0 Å². The van der Waals surface area contributed by atoms with Crippen molar-refractivity contribution in [2.24, 2.45) is 0 Å². The van der Waals surface area contributed by atoms with Crippen molar-refractivity contribution in [1.82, 2.24) is 10.6 Å². The molecule has 0 aliphatic rings. The van der Waals surface area contributed by atoms with E-state index in [4.69, 9.17) is 16.7 Å².